The van der Waals surface area contributed by atoms with Gasteiger partial charge in [0.15, 0.2) is 0 Å². The molecule has 1 aliphatic rings. The smallest absolute Gasteiger partial charge is 0.118 e. The molecular weight excluding hydrogens is 258 g/mol. The van der Waals surface area contributed by atoms with E-state index in [1.165, 1.54) is 42.4 Å². The van der Waals surface area contributed by atoms with Crippen molar-refractivity contribution in [2.75, 3.05) is 7.11 Å². The average Bonchev–Trinajstić information content (AvgIpc) is 2.54. The number of methoxy groups -OCH3 is 1. The Morgan fingerprint density at radius 2 is 1.52 bits per heavy atom. The van der Waals surface area contributed by atoms with Gasteiger partial charge in [-0.15, -0.1) is 0 Å². The van der Waals surface area contributed by atoms with Gasteiger partial charge in [-0.25, -0.2) is 0 Å². The van der Waals surface area contributed by atoms with Crippen molar-refractivity contribution in [3.05, 3.63) is 64.7 Å². The predicted octanol–water partition coefficient (Wildman–Crippen LogP) is 3.80. The summed E-state index contributed by atoms with van der Waals surface area (Å²) in [5.41, 5.74) is 11.4. The van der Waals surface area contributed by atoms with Crippen LogP contribution >= 0.6 is 0 Å². The highest BCUT2D eigenvalue weighted by molar-refractivity contribution is 5.43. The van der Waals surface area contributed by atoms with E-state index < -0.39 is 5.54 Å². The number of benzene rings is 2. The number of rotatable bonds is 3. The van der Waals surface area contributed by atoms with Crippen molar-refractivity contribution < 1.29 is 4.74 Å². The Balaban J connectivity index is 1.96. The lowest BCUT2D eigenvalue weighted by Gasteiger charge is -2.28. The van der Waals surface area contributed by atoms with Gasteiger partial charge in [0.05, 0.1) is 12.6 Å². The molecule has 0 heterocycles. The summed E-state index contributed by atoms with van der Waals surface area (Å²) in [7, 11) is 1.68. The Morgan fingerprint density at radius 1 is 0.905 bits per heavy atom. The summed E-state index contributed by atoms with van der Waals surface area (Å²) >= 11 is 0. The van der Waals surface area contributed by atoms with Crippen LogP contribution in [0.15, 0.2) is 42.5 Å². The van der Waals surface area contributed by atoms with Crippen LogP contribution in [0, 0.1) is 0 Å². The lowest BCUT2D eigenvalue weighted by Crippen LogP contribution is -2.34. The molecular formula is C19H23NO. The minimum absolute atomic E-state index is 0.473. The van der Waals surface area contributed by atoms with Crippen LogP contribution in [0.25, 0.3) is 0 Å². The zero-order valence-corrected chi connectivity index (χ0v) is 12.9. The van der Waals surface area contributed by atoms with E-state index in [1.54, 1.807) is 7.11 Å². The van der Waals surface area contributed by atoms with E-state index in [-0.39, 0.29) is 0 Å². The Morgan fingerprint density at radius 3 is 2.19 bits per heavy atom. The number of aryl methyl sites for hydroxylation is 2. The highest BCUT2D eigenvalue weighted by Gasteiger charge is 2.25. The monoisotopic (exact) mass is 281 g/mol. The highest BCUT2D eigenvalue weighted by atomic mass is 16.5. The van der Waals surface area contributed by atoms with Gasteiger partial charge >= 0.3 is 0 Å². The topological polar surface area (TPSA) is 35.2 Å². The molecule has 2 N–H and O–H groups in total. The van der Waals surface area contributed by atoms with Gasteiger partial charge < -0.3 is 10.5 Å². The van der Waals surface area contributed by atoms with Crippen LogP contribution in [0.1, 0.15) is 42.0 Å². The first-order valence-corrected chi connectivity index (χ1v) is 7.67. The molecule has 21 heavy (non-hydrogen) atoms. The summed E-state index contributed by atoms with van der Waals surface area (Å²) in [6.07, 6.45) is 4.99. The van der Waals surface area contributed by atoms with E-state index in [0.29, 0.717) is 0 Å². The zero-order valence-electron chi connectivity index (χ0n) is 12.9. The molecule has 0 aromatic heterocycles. The molecule has 1 unspecified atom stereocenters. The number of fused-ring (bicyclic) bond motifs is 1. The summed E-state index contributed by atoms with van der Waals surface area (Å²) in [6.45, 7) is 2.08. The van der Waals surface area contributed by atoms with Crippen molar-refractivity contribution >= 4 is 0 Å². The van der Waals surface area contributed by atoms with Gasteiger partial charge in [-0.05, 0) is 67.0 Å². The normalized spacial score (nSPS) is 16.9. The Kier molecular flexibility index (Phi) is 3.73. The second-order valence-corrected chi connectivity index (χ2v) is 6.12. The molecule has 3 rings (SSSR count). The fraction of sp³-hybridized carbons (Fsp3) is 0.368. The second kappa shape index (κ2) is 5.53. The molecule has 110 valence electrons. The van der Waals surface area contributed by atoms with E-state index >= 15 is 0 Å². The number of hydrogen-bond donors (Lipinski definition) is 1. The van der Waals surface area contributed by atoms with Crippen LogP contribution < -0.4 is 10.5 Å². The van der Waals surface area contributed by atoms with Crippen molar-refractivity contribution in [1.29, 1.82) is 0 Å². The summed E-state index contributed by atoms with van der Waals surface area (Å²) in [4.78, 5) is 0. The summed E-state index contributed by atoms with van der Waals surface area (Å²) < 4.78 is 5.22. The Bertz CT molecular complexity index is 629. The predicted molar refractivity (Wildman–Crippen MR) is 86.7 cm³/mol. The van der Waals surface area contributed by atoms with Crippen LogP contribution in [0.3, 0.4) is 0 Å². The van der Waals surface area contributed by atoms with Crippen LogP contribution in [0.5, 0.6) is 5.75 Å². The van der Waals surface area contributed by atoms with Crippen LogP contribution in [-0.4, -0.2) is 7.11 Å². The highest BCUT2D eigenvalue weighted by Crippen LogP contribution is 2.31. The van der Waals surface area contributed by atoms with Crippen LogP contribution in [-0.2, 0) is 18.4 Å². The molecule has 0 saturated carbocycles. The first-order valence-electron chi connectivity index (χ1n) is 7.67. The molecule has 2 nitrogen and oxygen atoms in total. The minimum Gasteiger partial charge on any atom is -0.497 e. The van der Waals surface area contributed by atoms with Crippen molar-refractivity contribution in [2.45, 2.75) is 38.1 Å². The van der Waals surface area contributed by atoms with E-state index in [2.05, 4.69) is 37.3 Å². The van der Waals surface area contributed by atoms with Crippen molar-refractivity contribution in [1.82, 2.24) is 0 Å². The van der Waals surface area contributed by atoms with Gasteiger partial charge in [-0.1, -0.05) is 30.3 Å². The maximum absolute atomic E-state index is 6.64. The first kappa shape index (κ1) is 14.2. The summed E-state index contributed by atoms with van der Waals surface area (Å²) in [5, 5.41) is 0. The molecule has 2 aromatic rings. The Labute approximate surface area is 126 Å². The van der Waals surface area contributed by atoms with Gasteiger partial charge in [-0.3, -0.25) is 0 Å². The van der Waals surface area contributed by atoms with Crippen LogP contribution in [0.2, 0.25) is 0 Å². The number of hydrogen-bond acceptors (Lipinski definition) is 2. The third-order valence-corrected chi connectivity index (χ3v) is 4.64. The van der Waals surface area contributed by atoms with Crippen molar-refractivity contribution in [3.8, 4) is 5.75 Å². The molecule has 0 saturated heterocycles. The summed E-state index contributed by atoms with van der Waals surface area (Å²) in [6, 6.07) is 14.8. The van der Waals surface area contributed by atoms with Crippen LogP contribution in [0.4, 0.5) is 0 Å². The van der Waals surface area contributed by atoms with E-state index in [4.69, 9.17) is 10.5 Å². The quantitative estimate of drug-likeness (QED) is 0.929. The molecule has 0 bridgehead atoms. The fourth-order valence-corrected chi connectivity index (χ4v) is 3.16. The van der Waals surface area contributed by atoms with Crippen molar-refractivity contribution in [2.24, 2.45) is 5.73 Å². The second-order valence-electron chi connectivity index (χ2n) is 6.12. The minimum atomic E-state index is -0.473. The Hall–Kier alpha value is -1.80. The third-order valence-electron chi connectivity index (χ3n) is 4.64. The van der Waals surface area contributed by atoms with Gasteiger partial charge in [0.2, 0.25) is 0 Å². The van der Waals surface area contributed by atoms with Gasteiger partial charge in [0.25, 0.3) is 0 Å². The maximum Gasteiger partial charge on any atom is 0.118 e. The first-order chi connectivity index (χ1) is 10.1. The van der Waals surface area contributed by atoms with E-state index in [9.17, 15) is 0 Å². The van der Waals surface area contributed by atoms with E-state index in [0.717, 1.165) is 11.3 Å². The molecule has 0 radical (unpaired) electrons. The van der Waals surface area contributed by atoms with Gasteiger partial charge in [0, 0.05) is 0 Å². The number of ether oxygens (including phenoxy) is 1. The molecule has 0 aliphatic heterocycles. The van der Waals surface area contributed by atoms with Gasteiger partial charge in [0.1, 0.15) is 5.75 Å². The average molecular weight is 281 g/mol. The van der Waals surface area contributed by atoms with Gasteiger partial charge in [-0.2, -0.15) is 0 Å². The lowest BCUT2D eigenvalue weighted by atomic mass is 9.82. The maximum atomic E-state index is 6.64. The largest absolute Gasteiger partial charge is 0.497 e. The zero-order chi connectivity index (χ0) is 14.9. The molecule has 0 spiro atoms. The molecule has 0 fully saturated rings. The molecule has 1 aliphatic carbocycles. The standard InChI is InChI=1S/C19H23NO/c1-19(20,16-9-11-18(21-2)12-10-16)17-8-7-14-5-3-4-6-15(14)13-17/h7-13H,3-6,20H2,1-2H3. The molecule has 2 heteroatoms. The summed E-state index contributed by atoms with van der Waals surface area (Å²) in [5.74, 6) is 0.861. The third kappa shape index (κ3) is 2.68. The lowest BCUT2D eigenvalue weighted by molar-refractivity contribution is 0.414. The SMILES string of the molecule is COc1ccc(C(C)(N)c2ccc3c(c2)CCCC3)cc1. The van der Waals surface area contributed by atoms with E-state index in [1.807, 2.05) is 12.1 Å². The molecule has 2 aromatic carbocycles. The molecule has 0 amide bonds. The fourth-order valence-electron chi connectivity index (χ4n) is 3.16. The number of nitrogens with two attached hydrogens (primary N) is 1. The van der Waals surface area contributed by atoms with Crippen molar-refractivity contribution in [3.63, 3.8) is 0 Å². The molecule has 1 atom stereocenters.